The van der Waals surface area contributed by atoms with Gasteiger partial charge < -0.3 is 14.1 Å². The summed E-state index contributed by atoms with van der Waals surface area (Å²) in [7, 11) is 1.93. The quantitative estimate of drug-likeness (QED) is 0.469. The standard InChI is InChI=1S/C24H22N2O4/c1-24(2)17-8-4-6-10-19(17)26(3)21(24)14-16(27)15-29-23(28)13-12-22-25-18-9-5-7-11-20(18)30-22/h4-14H,15H2,1-3H3/b13-12+,21-14-. The number of likely N-dealkylation sites (N-methyl/N-ethyl adjacent to an activating group) is 1. The summed E-state index contributed by atoms with van der Waals surface area (Å²) in [5, 5.41) is 0. The fourth-order valence-corrected chi connectivity index (χ4v) is 3.74. The first-order valence-electron chi connectivity index (χ1n) is 9.65. The van der Waals surface area contributed by atoms with E-state index in [1.807, 2.05) is 48.3 Å². The highest BCUT2D eigenvalue weighted by molar-refractivity contribution is 5.96. The first-order valence-corrected chi connectivity index (χ1v) is 9.65. The Morgan fingerprint density at radius 1 is 1.13 bits per heavy atom. The molecule has 30 heavy (non-hydrogen) atoms. The van der Waals surface area contributed by atoms with Crippen LogP contribution in [0.2, 0.25) is 0 Å². The maximum absolute atomic E-state index is 12.4. The van der Waals surface area contributed by atoms with E-state index in [0.717, 1.165) is 16.9 Å². The summed E-state index contributed by atoms with van der Waals surface area (Å²) >= 11 is 0. The molecule has 0 saturated heterocycles. The van der Waals surface area contributed by atoms with Crippen molar-refractivity contribution >= 4 is 34.6 Å². The lowest BCUT2D eigenvalue weighted by Crippen LogP contribution is -2.25. The minimum atomic E-state index is -0.633. The SMILES string of the molecule is CN1/C(=C\C(=O)COC(=O)/C=C/c2nc3ccccc3o2)C(C)(C)c2ccccc21. The van der Waals surface area contributed by atoms with Crippen LogP contribution >= 0.6 is 0 Å². The lowest BCUT2D eigenvalue weighted by atomic mass is 9.83. The van der Waals surface area contributed by atoms with Gasteiger partial charge in [-0.15, -0.1) is 0 Å². The summed E-state index contributed by atoms with van der Waals surface area (Å²) < 4.78 is 10.6. The molecule has 0 aliphatic carbocycles. The molecule has 0 N–H and O–H groups in total. The molecule has 1 aromatic heterocycles. The van der Waals surface area contributed by atoms with Gasteiger partial charge in [-0.25, -0.2) is 9.78 Å². The second-order valence-electron chi connectivity index (χ2n) is 7.66. The van der Waals surface area contributed by atoms with Gasteiger partial charge in [-0.05, 0) is 23.8 Å². The molecule has 2 heterocycles. The minimum absolute atomic E-state index is 0.277. The van der Waals surface area contributed by atoms with Crippen molar-refractivity contribution < 1.29 is 18.7 Å². The van der Waals surface area contributed by atoms with Crippen LogP contribution in [0.1, 0.15) is 25.3 Å². The predicted octanol–water partition coefficient (Wildman–Crippen LogP) is 4.26. The van der Waals surface area contributed by atoms with E-state index in [2.05, 4.69) is 24.9 Å². The molecule has 1 aliphatic rings. The second kappa shape index (κ2) is 7.63. The molecular weight excluding hydrogens is 380 g/mol. The zero-order valence-corrected chi connectivity index (χ0v) is 17.1. The van der Waals surface area contributed by atoms with E-state index in [4.69, 9.17) is 9.15 Å². The van der Waals surface area contributed by atoms with E-state index in [0.29, 0.717) is 17.0 Å². The number of ether oxygens (including phenoxy) is 1. The van der Waals surface area contributed by atoms with Crippen LogP contribution in [-0.2, 0) is 19.7 Å². The fourth-order valence-electron chi connectivity index (χ4n) is 3.74. The van der Waals surface area contributed by atoms with Crippen molar-refractivity contribution in [1.29, 1.82) is 0 Å². The number of anilines is 1. The molecule has 3 aromatic rings. The molecule has 0 bridgehead atoms. The molecule has 0 radical (unpaired) electrons. The molecule has 0 saturated carbocycles. The highest BCUT2D eigenvalue weighted by atomic mass is 16.5. The number of allylic oxidation sites excluding steroid dienone is 1. The van der Waals surface area contributed by atoms with Gasteiger partial charge >= 0.3 is 5.97 Å². The first-order chi connectivity index (χ1) is 14.4. The Balaban J connectivity index is 1.39. The van der Waals surface area contributed by atoms with Gasteiger partial charge in [-0.2, -0.15) is 0 Å². The monoisotopic (exact) mass is 402 g/mol. The lowest BCUT2D eigenvalue weighted by molar-refractivity contribution is -0.141. The maximum atomic E-state index is 12.4. The number of ketones is 1. The van der Waals surface area contributed by atoms with Gasteiger partial charge in [0.05, 0.1) is 0 Å². The van der Waals surface area contributed by atoms with Crippen molar-refractivity contribution in [2.24, 2.45) is 0 Å². The van der Waals surface area contributed by atoms with Crippen LogP contribution in [0.4, 0.5) is 5.69 Å². The summed E-state index contributed by atoms with van der Waals surface area (Å²) in [4.78, 5) is 30.7. The summed E-state index contributed by atoms with van der Waals surface area (Å²) in [6, 6.07) is 15.4. The Labute approximate surface area is 174 Å². The minimum Gasteiger partial charge on any atom is -0.454 e. The molecule has 2 aromatic carbocycles. The van der Waals surface area contributed by atoms with Crippen LogP contribution in [0, 0.1) is 0 Å². The number of para-hydroxylation sites is 3. The lowest BCUT2D eigenvalue weighted by Gasteiger charge is -2.23. The van der Waals surface area contributed by atoms with Crippen LogP contribution in [-0.4, -0.2) is 30.4 Å². The summed E-state index contributed by atoms with van der Waals surface area (Å²) in [5.41, 5.74) is 4.13. The highest BCUT2D eigenvalue weighted by Crippen LogP contribution is 2.46. The predicted molar refractivity (Wildman–Crippen MR) is 115 cm³/mol. The number of nitrogens with zero attached hydrogens (tertiary/aromatic N) is 2. The van der Waals surface area contributed by atoms with Crippen molar-refractivity contribution in [3.8, 4) is 0 Å². The molecule has 4 rings (SSSR count). The Kier molecular flexibility index (Phi) is 4.99. The zero-order chi connectivity index (χ0) is 21.3. The Bertz CT molecular complexity index is 1150. The zero-order valence-electron chi connectivity index (χ0n) is 17.1. The molecule has 0 unspecified atom stereocenters. The number of carbonyl (C=O) groups excluding carboxylic acids is 2. The smallest absolute Gasteiger partial charge is 0.331 e. The van der Waals surface area contributed by atoms with Gasteiger partial charge in [0.15, 0.2) is 18.0 Å². The van der Waals surface area contributed by atoms with Gasteiger partial charge in [0.25, 0.3) is 0 Å². The number of hydrogen-bond donors (Lipinski definition) is 0. The molecule has 1 aliphatic heterocycles. The third-order valence-corrected chi connectivity index (χ3v) is 5.27. The molecule has 0 amide bonds. The van der Waals surface area contributed by atoms with E-state index >= 15 is 0 Å². The number of fused-ring (bicyclic) bond motifs is 2. The van der Waals surface area contributed by atoms with E-state index in [-0.39, 0.29) is 17.8 Å². The third-order valence-electron chi connectivity index (χ3n) is 5.27. The van der Waals surface area contributed by atoms with E-state index < -0.39 is 5.97 Å². The normalized spacial score (nSPS) is 16.4. The van der Waals surface area contributed by atoms with Gasteiger partial charge in [0.2, 0.25) is 5.89 Å². The average molecular weight is 402 g/mol. The molecule has 6 heteroatoms. The van der Waals surface area contributed by atoms with E-state index in [1.165, 1.54) is 12.2 Å². The number of hydrogen-bond acceptors (Lipinski definition) is 6. The van der Waals surface area contributed by atoms with Crippen LogP contribution in [0.15, 0.2) is 70.8 Å². The first kappa shape index (κ1) is 19.6. The molecule has 0 spiro atoms. The third kappa shape index (κ3) is 3.64. The molecular formula is C24H22N2O4. The van der Waals surface area contributed by atoms with Crippen molar-refractivity contribution in [1.82, 2.24) is 4.98 Å². The van der Waals surface area contributed by atoms with Crippen LogP contribution in [0.25, 0.3) is 17.2 Å². The largest absolute Gasteiger partial charge is 0.454 e. The maximum Gasteiger partial charge on any atom is 0.331 e. The topological polar surface area (TPSA) is 72.6 Å². The summed E-state index contributed by atoms with van der Waals surface area (Å²) in [6.07, 6.45) is 4.18. The fraction of sp³-hybridized carbons (Fsp3) is 0.208. The van der Waals surface area contributed by atoms with Crippen molar-refractivity contribution in [2.45, 2.75) is 19.3 Å². The van der Waals surface area contributed by atoms with Crippen molar-refractivity contribution in [2.75, 3.05) is 18.6 Å². The number of oxazole rings is 1. The Morgan fingerprint density at radius 3 is 2.63 bits per heavy atom. The Hall–Kier alpha value is -3.67. The van der Waals surface area contributed by atoms with Crippen molar-refractivity contribution in [3.63, 3.8) is 0 Å². The molecule has 152 valence electrons. The summed E-state index contributed by atoms with van der Waals surface area (Å²) in [6.45, 7) is 3.81. The number of esters is 1. The van der Waals surface area contributed by atoms with Gasteiger partial charge in [0.1, 0.15) is 5.52 Å². The molecule has 6 nitrogen and oxygen atoms in total. The second-order valence-corrected chi connectivity index (χ2v) is 7.66. The molecule has 0 fully saturated rings. The van der Waals surface area contributed by atoms with Gasteiger partial charge in [0, 0.05) is 42.1 Å². The Morgan fingerprint density at radius 2 is 1.87 bits per heavy atom. The van der Waals surface area contributed by atoms with E-state index in [9.17, 15) is 9.59 Å². The van der Waals surface area contributed by atoms with Crippen molar-refractivity contribution in [3.05, 3.63) is 77.8 Å². The van der Waals surface area contributed by atoms with Crippen LogP contribution < -0.4 is 4.90 Å². The van der Waals surface area contributed by atoms with Crippen LogP contribution in [0.3, 0.4) is 0 Å². The van der Waals surface area contributed by atoms with Gasteiger partial charge in [-0.3, -0.25) is 4.79 Å². The van der Waals surface area contributed by atoms with E-state index in [1.54, 1.807) is 12.1 Å². The van der Waals surface area contributed by atoms with Crippen LogP contribution in [0.5, 0.6) is 0 Å². The number of rotatable bonds is 5. The average Bonchev–Trinajstić information content (AvgIpc) is 3.24. The highest BCUT2D eigenvalue weighted by Gasteiger charge is 2.38. The van der Waals surface area contributed by atoms with Gasteiger partial charge in [-0.1, -0.05) is 44.2 Å². The summed E-state index contributed by atoms with van der Waals surface area (Å²) in [5.74, 6) is -0.610. The molecule has 0 atom stereocenters. The number of benzene rings is 2. The number of carbonyl (C=O) groups is 2. The number of aromatic nitrogens is 1.